The molecule has 0 bridgehead atoms. The van der Waals surface area contributed by atoms with Gasteiger partial charge in [0, 0.05) is 6.54 Å². The zero-order valence-corrected chi connectivity index (χ0v) is 11.7. The lowest BCUT2D eigenvalue weighted by Crippen LogP contribution is -2.08. The predicted octanol–water partition coefficient (Wildman–Crippen LogP) is 4.18. The Balaban J connectivity index is 2.02. The molecule has 0 fully saturated rings. The lowest BCUT2D eigenvalue weighted by Gasteiger charge is -2.09. The summed E-state index contributed by atoms with van der Waals surface area (Å²) in [7, 11) is 0. The lowest BCUT2D eigenvalue weighted by molar-refractivity contribution is -0.141. The van der Waals surface area contributed by atoms with Crippen LogP contribution in [-0.2, 0) is 12.7 Å². The molecule has 106 valence electrons. The average Bonchev–Trinajstić information content (AvgIpc) is 2.40. The van der Waals surface area contributed by atoms with Gasteiger partial charge in [-0.2, -0.15) is 13.2 Å². The number of hydrogen-bond donors (Lipinski definition) is 2. The Kier molecular flexibility index (Phi) is 4.17. The van der Waals surface area contributed by atoms with Crippen molar-refractivity contribution < 1.29 is 18.3 Å². The normalized spacial score (nSPS) is 11.4. The van der Waals surface area contributed by atoms with Crippen LogP contribution in [0.3, 0.4) is 0 Å². The van der Waals surface area contributed by atoms with E-state index in [9.17, 15) is 18.3 Å². The molecule has 1 aromatic carbocycles. The standard InChI is InChI=1S/C13H10BrF3N2O/c14-10-5-8(1-3-11(10)20)6-18-9-2-4-12(19-7-9)13(15,16)17/h1-5,7,18,20H,6H2. The molecule has 0 spiro atoms. The first kappa shape index (κ1) is 14.6. The van der Waals surface area contributed by atoms with Gasteiger partial charge in [-0.15, -0.1) is 0 Å². The van der Waals surface area contributed by atoms with E-state index in [0.717, 1.165) is 17.8 Å². The van der Waals surface area contributed by atoms with E-state index in [1.165, 1.54) is 12.1 Å². The highest BCUT2D eigenvalue weighted by atomic mass is 79.9. The molecule has 0 aliphatic carbocycles. The van der Waals surface area contributed by atoms with Crippen molar-refractivity contribution in [3.8, 4) is 5.75 Å². The SMILES string of the molecule is Oc1ccc(CNc2ccc(C(F)(F)F)nc2)cc1Br. The molecular formula is C13H10BrF3N2O. The Morgan fingerprint density at radius 2 is 1.95 bits per heavy atom. The highest BCUT2D eigenvalue weighted by molar-refractivity contribution is 9.10. The molecule has 0 aliphatic heterocycles. The first-order valence-electron chi connectivity index (χ1n) is 5.61. The summed E-state index contributed by atoms with van der Waals surface area (Å²) in [4.78, 5) is 3.36. The van der Waals surface area contributed by atoms with E-state index < -0.39 is 11.9 Å². The fraction of sp³-hybridized carbons (Fsp3) is 0.154. The maximum atomic E-state index is 12.3. The van der Waals surface area contributed by atoms with Crippen molar-refractivity contribution in [1.29, 1.82) is 0 Å². The zero-order chi connectivity index (χ0) is 14.8. The number of pyridine rings is 1. The van der Waals surface area contributed by atoms with Gasteiger partial charge in [0.25, 0.3) is 0 Å². The topological polar surface area (TPSA) is 45.1 Å². The molecular weight excluding hydrogens is 337 g/mol. The average molecular weight is 347 g/mol. The molecule has 2 rings (SSSR count). The minimum absolute atomic E-state index is 0.130. The number of aromatic nitrogens is 1. The molecule has 3 nitrogen and oxygen atoms in total. The molecule has 0 atom stereocenters. The monoisotopic (exact) mass is 346 g/mol. The van der Waals surface area contributed by atoms with Crippen molar-refractivity contribution in [2.75, 3.05) is 5.32 Å². The van der Waals surface area contributed by atoms with Gasteiger partial charge in [0.2, 0.25) is 0 Å². The third kappa shape index (κ3) is 3.63. The number of phenols is 1. The minimum Gasteiger partial charge on any atom is -0.507 e. The number of rotatable bonds is 3. The van der Waals surface area contributed by atoms with Gasteiger partial charge in [-0.1, -0.05) is 6.07 Å². The fourth-order valence-corrected chi connectivity index (χ4v) is 1.96. The number of halogens is 4. The van der Waals surface area contributed by atoms with Gasteiger partial charge < -0.3 is 10.4 Å². The molecule has 0 radical (unpaired) electrons. The van der Waals surface area contributed by atoms with Crippen LogP contribution in [0.15, 0.2) is 41.0 Å². The molecule has 2 N–H and O–H groups in total. The number of anilines is 1. The lowest BCUT2D eigenvalue weighted by atomic mass is 10.2. The summed E-state index contributed by atoms with van der Waals surface area (Å²) >= 11 is 3.19. The Hall–Kier alpha value is -1.76. The molecule has 0 saturated heterocycles. The van der Waals surface area contributed by atoms with Crippen molar-refractivity contribution in [2.24, 2.45) is 0 Å². The van der Waals surface area contributed by atoms with Crippen LogP contribution in [0.2, 0.25) is 0 Å². The second kappa shape index (κ2) is 5.70. The summed E-state index contributed by atoms with van der Waals surface area (Å²) in [5.41, 5.74) is 0.437. The number of phenolic OH excluding ortho intramolecular Hbond substituents is 1. The van der Waals surface area contributed by atoms with E-state index in [4.69, 9.17) is 0 Å². The number of nitrogens with one attached hydrogen (secondary N) is 1. The summed E-state index contributed by atoms with van der Waals surface area (Å²) in [5, 5.41) is 12.3. The van der Waals surface area contributed by atoms with Crippen LogP contribution < -0.4 is 5.32 Å². The molecule has 1 aromatic heterocycles. The third-order valence-electron chi connectivity index (χ3n) is 2.56. The van der Waals surface area contributed by atoms with Crippen LogP contribution >= 0.6 is 15.9 Å². The highest BCUT2D eigenvalue weighted by Crippen LogP contribution is 2.28. The smallest absolute Gasteiger partial charge is 0.433 e. The van der Waals surface area contributed by atoms with Gasteiger partial charge in [0.15, 0.2) is 0 Å². The third-order valence-corrected chi connectivity index (χ3v) is 3.20. The van der Waals surface area contributed by atoms with Crippen LogP contribution in [-0.4, -0.2) is 10.1 Å². The summed E-state index contributed by atoms with van der Waals surface area (Å²) in [6, 6.07) is 7.22. The van der Waals surface area contributed by atoms with E-state index in [2.05, 4.69) is 26.2 Å². The number of nitrogens with zero attached hydrogens (tertiary/aromatic N) is 1. The number of aromatic hydroxyl groups is 1. The zero-order valence-electron chi connectivity index (χ0n) is 10.1. The van der Waals surface area contributed by atoms with Gasteiger partial charge >= 0.3 is 6.18 Å². The molecule has 0 aliphatic rings. The maximum Gasteiger partial charge on any atom is 0.433 e. The Morgan fingerprint density at radius 3 is 2.50 bits per heavy atom. The molecule has 20 heavy (non-hydrogen) atoms. The minimum atomic E-state index is -4.43. The molecule has 1 heterocycles. The van der Waals surface area contributed by atoms with Gasteiger partial charge in [0.1, 0.15) is 11.4 Å². The van der Waals surface area contributed by atoms with Crippen LogP contribution in [0.5, 0.6) is 5.75 Å². The Morgan fingerprint density at radius 1 is 1.20 bits per heavy atom. The van der Waals surface area contributed by atoms with Crippen LogP contribution in [0.4, 0.5) is 18.9 Å². The second-order valence-corrected chi connectivity index (χ2v) is 4.92. The fourth-order valence-electron chi connectivity index (χ4n) is 1.53. The highest BCUT2D eigenvalue weighted by Gasteiger charge is 2.31. The summed E-state index contributed by atoms with van der Waals surface area (Å²) in [5.74, 6) is 0.130. The van der Waals surface area contributed by atoms with Crippen molar-refractivity contribution in [3.63, 3.8) is 0 Å². The van der Waals surface area contributed by atoms with Crippen LogP contribution in [0.1, 0.15) is 11.3 Å². The van der Waals surface area contributed by atoms with Crippen LogP contribution in [0.25, 0.3) is 0 Å². The number of hydrogen-bond acceptors (Lipinski definition) is 3. The molecule has 0 unspecified atom stereocenters. The number of alkyl halides is 3. The Bertz CT molecular complexity index is 600. The van der Waals surface area contributed by atoms with Gasteiger partial charge in [-0.25, -0.2) is 4.98 Å². The first-order valence-corrected chi connectivity index (χ1v) is 6.40. The van der Waals surface area contributed by atoms with E-state index in [-0.39, 0.29) is 5.75 Å². The largest absolute Gasteiger partial charge is 0.507 e. The molecule has 7 heteroatoms. The van der Waals surface area contributed by atoms with Gasteiger partial charge in [-0.3, -0.25) is 0 Å². The van der Waals surface area contributed by atoms with E-state index in [0.29, 0.717) is 16.7 Å². The van der Waals surface area contributed by atoms with Gasteiger partial charge in [-0.05, 0) is 45.8 Å². The molecule has 2 aromatic rings. The van der Waals surface area contributed by atoms with Crippen LogP contribution in [0, 0.1) is 0 Å². The number of benzene rings is 1. The quantitative estimate of drug-likeness (QED) is 0.876. The van der Waals surface area contributed by atoms with E-state index in [1.807, 2.05) is 0 Å². The van der Waals surface area contributed by atoms with E-state index >= 15 is 0 Å². The van der Waals surface area contributed by atoms with Gasteiger partial charge in [0.05, 0.1) is 16.4 Å². The second-order valence-electron chi connectivity index (χ2n) is 4.07. The van der Waals surface area contributed by atoms with Crippen molar-refractivity contribution in [3.05, 3.63) is 52.3 Å². The maximum absolute atomic E-state index is 12.3. The van der Waals surface area contributed by atoms with Crippen molar-refractivity contribution >= 4 is 21.6 Å². The summed E-state index contributed by atoms with van der Waals surface area (Å²) < 4.78 is 37.6. The Labute approximate surface area is 121 Å². The molecule has 0 saturated carbocycles. The van der Waals surface area contributed by atoms with E-state index in [1.54, 1.807) is 12.1 Å². The van der Waals surface area contributed by atoms with Crippen molar-refractivity contribution in [2.45, 2.75) is 12.7 Å². The first-order chi connectivity index (χ1) is 9.36. The molecule has 0 amide bonds. The summed E-state index contributed by atoms with van der Waals surface area (Å²) in [6.45, 7) is 0.409. The predicted molar refractivity (Wildman–Crippen MR) is 72.4 cm³/mol. The summed E-state index contributed by atoms with van der Waals surface area (Å²) in [6.07, 6.45) is -3.29. The van der Waals surface area contributed by atoms with Crippen molar-refractivity contribution in [1.82, 2.24) is 4.98 Å².